The molecule has 1 atom stereocenters. The highest BCUT2D eigenvalue weighted by atomic mass is 16.5. The second-order valence-electron chi connectivity index (χ2n) is 8.00. The number of ether oxygens (including phenoxy) is 1. The second kappa shape index (κ2) is 8.64. The highest BCUT2D eigenvalue weighted by Gasteiger charge is 2.22. The lowest BCUT2D eigenvalue weighted by Gasteiger charge is -2.15. The van der Waals surface area contributed by atoms with Gasteiger partial charge in [0.25, 0.3) is 11.5 Å². The Morgan fingerprint density at radius 2 is 1.88 bits per heavy atom. The number of nitrogens with one attached hydrogen (secondary N) is 1. The molecule has 0 fully saturated rings. The molecular formula is C21H25N7O5. The fourth-order valence-corrected chi connectivity index (χ4v) is 3.56. The van der Waals surface area contributed by atoms with Gasteiger partial charge in [0.2, 0.25) is 5.88 Å². The average Bonchev–Trinajstić information content (AvgIpc) is 3.30. The SMILES string of the molecule is CC(C)OCC(O)Cn1c(N=Nc2c(O)[nH]c3ccccc23)nc2c1c(=O)n(C)c(=O)n2C. The molecule has 0 aliphatic heterocycles. The smallest absolute Gasteiger partial charge is 0.332 e. The number of rotatable bonds is 7. The fraction of sp³-hybridized carbons (Fsp3) is 0.381. The molecule has 3 aromatic heterocycles. The molecule has 0 aliphatic carbocycles. The summed E-state index contributed by atoms with van der Waals surface area (Å²) >= 11 is 0. The average molecular weight is 455 g/mol. The van der Waals surface area contributed by atoms with Crippen LogP contribution in [0.3, 0.4) is 0 Å². The van der Waals surface area contributed by atoms with Crippen molar-refractivity contribution in [1.82, 2.24) is 23.7 Å². The molecule has 0 amide bonds. The number of aromatic amines is 1. The van der Waals surface area contributed by atoms with E-state index < -0.39 is 17.4 Å². The summed E-state index contributed by atoms with van der Waals surface area (Å²) < 4.78 is 9.06. The van der Waals surface area contributed by atoms with Crippen LogP contribution in [-0.2, 0) is 25.4 Å². The van der Waals surface area contributed by atoms with Gasteiger partial charge in [-0.2, -0.15) is 4.98 Å². The second-order valence-corrected chi connectivity index (χ2v) is 8.00. The highest BCUT2D eigenvalue weighted by Crippen LogP contribution is 2.36. The first-order valence-electron chi connectivity index (χ1n) is 10.4. The van der Waals surface area contributed by atoms with Gasteiger partial charge in [-0.05, 0) is 19.9 Å². The molecule has 33 heavy (non-hydrogen) atoms. The summed E-state index contributed by atoms with van der Waals surface area (Å²) in [6.07, 6.45) is -1.06. The molecular weight excluding hydrogens is 430 g/mol. The first-order chi connectivity index (χ1) is 15.7. The number of azo groups is 1. The van der Waals surface area contributed by atoms with Gasteiger partial charge in [0, 0.05) is 19.5 Å². The number of aryl methyl sites for hydroxylation is 1. The number of imidazole rings is 1. The van der Waals surface area contributed by atoms with Crippen LogP contribution < -0.4 is 11.2 Å². The van der Waals surface area contributed by atoms with Crippen molar-refractivity contribution in [2.45, 2.75) is 32.6 Å². The van der Waals surface area contributed by atoms with E-state index in [1.54, 1.807) is 18.2 Å². The van der Waals surface area contributed by atoms with Crippen LogP contribution in [0.1, 0.15) is 13.8 Å². The maximum atomic E-state index is 12.9. The summed E-state index contributed by atoms with van der Waals surface area (Å²) in [5.41, 5.74) is -0.0327. The molecule has 1 aromatic carbocycles. The molecule has 4 aromatic rings. The van der Waals surface area contributed by atoms with Crippen molar-refractivity contribution >= 4 is 33.7 Å². The molecule has 3 heterocycles. The third kappa shape index (κ3) is 4.05. The Kier molecular flexibility index (Phi) is 5.87. The summed E-state index contributed by atoms with van der Waals surface area (Å²) in [7, 11) is 2.86. The molecule has 0 aliphatic rings. The number of para-hydroxylation sites is 1. The van der Waals surface area contributed by atoms with E-state index in [2.05, 4.69) is 20.2 Å². The highest BCUT2D eigenvalue weighted by molar-refractivity contribution is 5.94. The summed E-state index contributed by atoms with van der Waals surface area (Å²) in [5.74, 6) is -0.173. The van der Waals surface area contributed by atoms with Crippen molar-refractivity contribution < 1.29 is 14.9 Å². The van der Waals surface area contributed by atoms with Crippen molar-refractivity contribution in [2.24, 2.45) is 24.3 Å². The Morgan fingerprint density at radius 1 is 1.15 bits per heavy atom. The van der Waals surface area contributed by atoms with Crippen LogP contribution >= 0.6 is 0 Å². The van der Waals surface area contributed by atoms with Crippen molar-refractivity contribution in [1.29, 1.82) is 0 Å². The topological polar surface area (TPSA) is 152 Å². The van der Waals surface area contributed by atoms with Gasteiger partial charge in [0.15, 0.2) is 16.9 Å². The molecule has 12 nitrogen and oxygen atoms in total. The van der Waals surface area contributed by atoms with Crippen LogP contribution in [0.25, 0.3) is 22.1 Å². The third-order valence-electron chi connectivity index (χ3n) is 5.24. The number of fused-ring (bicyclic) bond motifs is 2. The van der Waals surface area contributed by atoms with Crippen molar-refractivity contribution in [2.75, 3.05) is 6.61 Å². The molecule has 0 bridgehead atoms. The standard InChI is InChI=1S/C21H25N7O5/c1-11(2)33-10-12(29)9-28-16-17(26(3)21(32)27(4)19(16)31)23-20(28)25-24-15-13-7-5-6-8-14(13)22-18(15)30/h5-8,11-12,22,29-30H,9-10H2,1-4H3. The van der Waals surface area contributed by atoms with E-state index in [1.807, 2.05) is 19.9 Å². The molecule has 1 unspecified atom stereocenters. The van der Waals surface area contributed by atoms with E-state index in [9.17, 15) is 19.8 Å². The summed E-state index contributed by atoms with van der Waals surface area (Å²) in [6.45, 7) is 3.66. The van der Waals surface area contributed by atoms with Crippen LogP contribution in [0.4, 0.5) is 11.6 Å². The molecule has 0 spiro atoms. The largest absolute Gasteiger partial charge is 0.493 e. The number of aliphatic hydroxyl groups excluding tert-OH is 1. The minimum absolute atomic E-state index is 0.00317. The van der Waals surface area contributed by atoms with Crippen LogP contribution in [0.2, 0.25) is 0 Å². The molecule has 0 saturated heterocycles. The zero-order valence-corrected chi connectivity index (χ0v) is 18.7. The van der Waals surface area contributed by atoms with Gasteiger partial charge in [0.1, 0.15) is 0 Å². The number of nitrogens with zero attached hydrogens (tertiary/aromatic N) is 6. The molecule has 12 heteroatoms. The van der Waals surface area contributed by atoms with E-state index in [4.69, 9.17) is 4.74 Å². The van der Waals surface area contributed by atoms with Crippen LogP contribution in [0.5, 0.6) is 5.88 Å². The van der Waals surface area contributed by atoms with Crippen molar-refractivity contribution in [3.05, 3.63) is 45.1 Å². The Hall–Kier alpha value is -3.77. The molecule has 4 rings (SSSR count). The Labute approximate surface area is 187 Å². The van der Waals surface area contributed by atoms with Gasteiger partial charge in [0.05, 0.1) is 30.9 Å². The van der Waals surface area contributed by atoms with Gasteiger partial charge >= 0.3 is 5.69 Å². The predicted molar refractivity (Wildman–Crippen MR) is 121 cm³/mol. The summed E-state index contributed by atoms with van der Waals surface area (Å²) in [4.78, 5) is 32.4. The number of aliphatic hydroxyl groups is 1. The first kappa shape index (κ1) is 22.4. The Bertz CT molecular complexity index is 1470. The Balaban J connectivity index is 1.86. The zero-order valence-electron chi connectivity index (χ0n) is 18.7. The molecule has 174 valence electrons. The minimum atomic E-state index is -0.970. The summed E-state index contributed by atoms with van der Waals surface area (Å²) in [5, 5.41) is 29.7. The number of aromatic nitrogens is 5. The van der Waals surface area contributed by atoms with Gasteiger partial charge < -0.3 is 19.9 Å². The predicted octanol–water partition coefficient (Wildman–Crippen LogP) is 1.82. The zero-order chi connectivity index (χ0) is 23.9. The van der Waals surface area contributed by atoms with E-state index in [1.165, 1.54) is 23.2 Å². The van der Waals surface area contributed by atoms with Crippen molar-refractivity contribution in [3.63, 3.8) is 0 Å². The monoisotopic (exact) mass is 455 g/mol. The van der Waals surface area contributed by atoms with E-state index in [0.29, 0.717) is 10.9 Å². The third-order valence-corrected chi connectivity index (χ3v) is 5.24. The Morgan fingerprint density at radius 3 is 2.61 bits per heavy atom. The van der Waals surface area contributed by atoms with Gasteiger partial charge in [-0.3, -0.25) is 18.5 Å². The van der Waals surface area contributed by atoms with E-state index in [0.717, 1.165) is 4.57 Å². The molecule has 0 saturated carbocycles. The molecule has 3 N–H and O–H groups in total. The number of H-pyrrole nitrogens is 1. The molecule has 0 radical (unpaired) electrons. The lowest BCUT2D eigenvalue weighted by Crippen LogP contribution is -2.38. The maximum Gasteiger partial charge on any atom is 0.332 e. The van der Waals surface area contributed by atoms with Gasteiger partial charge in [-0.25, -0.2) is 4.79 Å². The fourth-order valence-electron chi connectivity index (χ4n) is 3.56. The summed E-state index contributed by atoms with van der Waals surface area (Å²) in [6, 6.07) is 7.17. The maximum absolute atomic E-state index is 12.9. The lowest BCUT2D eigenvalue weighted by molar-refractivity contribution is -0.000147. The number of aromatic hydroxyl groups is 1. The minimum Gasteiger partial charge on any atom is -0.493 e. The quantitative estimate of drug-likeness (QED) is 0.362. The van der Waals surface area contributed by atoms with Crippen LogP contribution in [0, 0.1) is 0 Å². The van der Waals surface area contributed by atoms with Crippen molar-refractivity contribution in [3.8, 4) is 5.88 Å². The van der Waals surface area contributed by atoms with Gasteiger partial charge in [-0.1, -0.05) is 18.2 Å². The number of hydrogen-bond donors (Lipinski definition) is 3. The first-order valence-corrected chi connectivity index (χ1v) is 10.4. The van der Waals surface area contributed by atoms with E-state index >= 15 is 0 Å². The number of benzene rings is 1. The van der Waals surface area contributed by atoms with Crippen LogP contribution in [0.15, 0.2) is 44.1 Å². The number of hydrogen-bond acceptors (Lipinski definition) is 8. The lowest BCUT2D eigenvalue weighted by atomic mass is 10.2. The van der Waals surface area contributed by atoms with Gasteiger partial charge in [-0.15, -0.1) is 10.2 Å². The normalized spacial score (nSPS) is 13.2. The van der Waals surface area contributed by atoms with Crippen LogP contribution in [-0.4, -0.2) is 52.7 Å². The van der Waals surface area contributed by atoms with E-state index in [-0.39, 0.29) is 47.9 Å².